The lowest BCUT2D eigenvalue weighted by Crippen LogP contribution is -2.28. The first-order valence-corrected chi connectivity index (χ1v) is 9.48. The van der Waals surface area contributed by atoms with Gasteiger partial charge < -0.3 is 23.6 Å². The number of aliphatic hydroxyl groups excluding tert-OH is 1. The Morgan fingerprint density at radius 2 is 1.93 bits per heavy atom. The minimum Gasteiger partial charge on any atom is -0.507 e. The number of hydrogen-bond donors (Lipinski definition) is 1. The number of carbonyl (C=O) groups excluding carboxylic acids is 2. The van der Waals surface area contributed by atoms with Crippen molar-refractivity contribution >= 4 is 33.4 Å². The second-order valence-corrected chi connectivity index (χ2v) is 7.23. The smallest absolute Gasteiger partial charge is 0.296 e. The van der Waals surface area contributed by atoms with Crippen LogP contribution in [0.2, 0.25) is 0 Å². The SMILES string of the molecule is COc1ccc(/C(O)=C2/C(=O)C(=O)N(Cc3ccco3)C2c2ccco2)cc1Br. The fourth-order valence-electron chi connectivity index (χ4n) is 3.33. The van der Waals surface area contributed by atoms with E-state index in [0.717, 1.165) is 0 Å². The van der Waals surface area contributed by atoms with E-state index in [1.807, 2.05) is 0 Å². The molecule has 2 aromatic heterocycles. The first-order chi connectivity index (χ1) is 14.0. The van der Waals surface area contributed by atoms with Crippen LogP contribution >= 0.6 is 15.9 Å². The Balaban J connectivity index is 1.83. The number of ether oxygens (including phenoxy) is 1. The molecule has 0 saturated carbocycles. The van der Waals surface area contributed by atoms with Gasteiger partial charge in [-0.3, -0.25) is 9.59 Å². The van der Waals surface area contributed by atoms with Crippen molar-refractivity contribution in [2.45, 2.75) is 12.6 Å². The van der Waals surface area contributed by atoms with Gasteiger partial charge >= 0.3 is 0 Å². The maximum Gasteiger partial charge on any atom is 0.296 e. The summed E-state index contributed by atoms with van der Waals surface area (Å²) in [6.45, 7) is 0.0615. The number of aliphatic hydroxyl groups is 1. The van der Waals surface area contributed by atoms with Crippen LogP contribution in [0.3, 0.4) is 0 Å². The van der Waals surface area contributed by atoms with Crippen LogP contribution in [0.15, 0.2) is 73.9 Å². The van der Waals surface area contributed by atoms with Crippen molar-refractivity contribution in [1.82, 2.24) is 4.90 Å². The molecule has 0 spiro atoms. The number of likely N-dealkylation sites (tertiary alicyclic amines) is 1. The average molecular weight is 458 g/mol. The standard InChI is InChI=1S/C21H16BrNO6/c1-27-15-7-6-12(10-14(15)22)19(24)17-18(16-5-3-9-29-16)23(21(26)20(17)25)11-13-4-2-8-28-13/h2-10,18,24H,11H2,1H3/b19-17-. The molecule has 1 saturated heterocycles. The van der Waals surface area contributed by atoms with Gasteiger partial charge in [0.05, 0.1) is 36.2 Å². The van der Waals surface area contributed by atoms with Gasteiger partial charge in [0.1, 0.15) is 29.1 Å². The van der Waals surface area contributed by atoms with Gasteiger partial charge in [0, 0.05) is 5.56 Å². The van der Waals surface area contributed by atoms with Crippen LogP contribution in [0.4, 0.5) is 0 Å². The van der Waals surface area contributed by atoms with Crippen molar-refractivity contribution in [3.63, 3.8) is 0 Å². The fourth-order valence-corrected chi connectivity index (χ4v) is 3.87. The number of ketones is 1. The largest absolute Gasteiger partial charge is 0.507 e. The lowest BCUT2D eigenvalue weighted by atomic mass is 9.99. The number of furan rings is 2. The normalized spacial score (nSPS) is 18.4. The highest BCUT2D eigenvalue weighted by Crippen LogP contribution is 2.41. The molecule has 1 aromatic carbocycles. The van der Waals surface area contributed by atoms with Crippen molar-refractivity contribution in [2.24, 2.45) is 0 Å². The highest BCUT2D eigenvalue weighted by molar-refractivity contribution is 9.10. The third-order valence-electron chi connectivity index (χ3n) is 4.68. The van der Waals surface area contributed by atoms with Gasteiger partial charge in [0.2, 0.25) is 0 Å². The van der Waals surface area contributed by atoms with E-state index in [9.17, 15) is 14.7 Å². The van der Waals surface area contributed by atoms with E-state index in [4.69, 9.17) is 13.6 Å². The van der Waals surface area contributed by atoms with Crippen molar-refractivity contribution in [2.75, 3.05) is 7.11 Å². The number of halogens is 1. The summed E-state index contributed by atoms with van der Waals surface area (Å²) in [6.07, 6.45) is 2.94. The molecule has 1 aliphatic rings. The third kappa shape index (κ3) is 3.36. The van der Waals surface area contributed by atoms with Gasteiger partial charge in [-0.15, -0.1) is 0 Å². The van der Waals surface area contributed by atoms with Crippen LogP contribution in [0, 0.1) is 0 Å². The number of nitrogens with zero attached hydrogens (tertiary/aromatic N) is 1. The van der Waals surface area contributed by atoms with E-state index in [0.29, 0.717) is 27.3 Å². The zero-order chi connectivity index (χ0) is 20.5. The van der Waals surface area contributed by atoms with E-state index < -0.39 is 17.7 Å². The van der Waals surface area contributed by atoms with Crippen LogP contribution < -0.4 is 4.74 Å². The summed E-state index contributed by atoms with van der Waals surface area (Å²) >= 11 is 3.36. The first kappa shape index (κ1) is 19.1. The summed E-state index contributed by atoms with van der Waals surface area (Å²) in [5.41, 5.74) is 0.318. The summed E-state index contributed by atoms with van der Waals surface area (Å²) in [5, 5.41) is 11.0. The summed E-state index contributed by atoms with van der Waals surface area (Å²) < 4.78 is 16.6. The quantitative estimate of drug-likeness (QED) is 0.349. The highest BCUT2D eigenvalue weighted by atomic mass is 79.9. The van der Waals surface area contributed by atoms with E-state index in [-0.39, 0.29) is 17.9 Å². The van der Waals surface area contributed by atoms with E-state index in [2.05, 4.69) is 15.9 Å². The number of amides is 1. The molecular weight excluding hydrogens is 442 g/mol. The fraction of sp³-hybridized carbons (Fsp3) is 0.143. The molecule has 0 bridgehead atoms. The van der Waals surface area contributed by atoms with Crippen LogP contribution in [0.25, 0.3) is 5.76 Å². The molecule has 1 fully saturated rings. The number of benzene rings is 1. The highest BCUT2D eigenvalue weighted by Gasteiger charge is 2.47. The van der Waals surface area contributed by atoms with Gasteiger partial charge in [-0.1, -0.05) is 0 Å². The molecule has 29 heavy (non-hydrogen) atoms. The first-order valence-electron chi connectivity index (χ1n) is 8.69. The minimum absolute atomic E-state index is 0.0476. The number of Topliss-reactive ketones (excluding diaryl/α,β-unsaturated/α-hetero) is 1. The number of methoxy groups -OCH3 is 1. The molecule has 7 nitrogen and oxygen atoms in total. The third-order valence-corrected chi connectivity index (χ3v) is 5.30. The molecule has 8 heteroatoms. The Bertz CT molecular complexity index is 1080. The van der Waals surface area contributed by atoms with Gasteiger partial charge in [-0.05, 0) is 58.4 Å². The average Bonchev–Trinajstić information content (AvgIpc) is 3.46. The lowest BCUT2D eigenvalue weighted by Gasteiger charge is -2.22. The van der Waals surface area contributed by atoms with E-state index in [1.165, 1.54) is 24.5 Å². The van der Waals surface area contributed by atoms with Crippen molar-refractivity contribution in [1.29, 1.82) is 0 Å². The van der Waals surface area contributed by atoms with E-state index in [1.54, 1.807) is 42.5 Å². The Hall–Kier alpha value is -3.26. The molecule has 4 rings (SSSR count). The zero-order valence-corrected chi connectivity index (χ0v) is 16.9. The second kappa shape index (κ2) is 7.63. The Morgan fingerprint density at radius 1 is 1.17 bits per heavy atom. The molecule has 0 aliphatic carbocycles. The van der Waals surface area contributed by atoms with Gasteiger partial charge in [-0.2, -0.15) is 0 Å². The predicted octanol–water partition coefficient (Wildman–Crippen LogP) is 4.27. The molecule has 0 radical (unpaired) electrons. The topological polar surface area (TPSA) is 93.1 Å². The zero-order valence-electron chi connectivity index (χ0n) is 15.3. The lowest BCUT2D eigenvalue weighted by molar-refractivity contribution is -0.140. The van der Waals surface area contributed by atoms with Gasteiger partial charge in [0.25, 0.3) is 11.7 Å². The minimum atomic E-state index is -0.879. The predicted molar refractivity (Wildman–Crippen MR) is 106 cm³/mol. The van der Waals surface area contributed by atoms with Crippen LogP contribution in [0.1, 0.15) is 23.1 Å². The Kier molecular flexibility index (Phi) is 5.02. The molecule has 1 aliphatic heterocycles. The molecule has 3 heterocycles. The van der Waals surface area contributed by atoms with Crippen molar-refractivity contribution < 1.29 is 28.3 Å². The Labute approximate surface area is 174 Å². The van der Waals surface area contributed by atoms with Gasteiger partial charge in [0.15, 0.2) is 0 Å². The molecule has 1 unspecified atom stereocenters. The number of hydrogen-bond acceptors (Lipinski definition) is 6. The maximum absolute atomic E-state index is 12.9. The van der Waals surface area contributed by atoms with Crippen LogP contribution in [0.5, 0.6) is 5.75 Å². The van der Waals surface area contributed by atoms with Crippen LogP contribution in [-0.4, -0.2) is 28.8 Å². The molecule has 1 atom stereocenters. The summed E-state index contributed by atoms with van der Waals surface area (Å²) in [5.74, 6) is -0.378. The number of rotatable bonds is 5. The summed E-state index contributed by atoms with van der Waals surface area (Å²) in [7, 11) is 1.52. The maximum atomic E-state index is 12.9. The number of carbonyl (C=O) groups is 2. The van der Waals surface area contributed by atoms with E-state index >= 15 is 0 Å². The Morgan fingerprint density at radius 3 is 2.55 bits per heavy atom. The second-order valence-electron chi connectivity index (χ2n) is 6.37. The molecule has 3 aromatic rings. The van der Waals surface area contributed by atoms with Crippen LogP contribution in [-0.2, 0) is 16.1 Å². The summed E-state index contributed by atoms with van der Waals surface area (Å²) in [4.78, 5) is 26.9. The molecule has 1 N–H and O–H groups in total. The molecule has 1 amide bonds. The summed E-state index contributed by atoms with van der Waals surface area (Å²) in [6, 6.07) is 10.7. The van der Waals surface area contributed by atoms with Gasteiger partial charge in [-0.25, -0.2) is 0 Å². The van der Waals surface area contributed by atoms with Crippen molar-refractivity contribution in [3.05, 3.63) is 82.1 Å². The van der Waals surface area contributed by atoms with Crippen molar-refractivity contribution in [3.8, 4) is 5.75 Å². The molecule has 148 valence electrons. The molecular formula is C21H16BrNO6. The monoisotopic (exact) mass is 457 g/mol.